The van der Waals surface area contributed by atoms with Crippen LogP contribution in [0.2, 0.25) is 0 Å². The highest BCUT2D eigenvalue weighted by atomic mass is 16.4. The van der Waals surface area contributed by atoms with Gasteiger partial charge in [0.25, 0.3) is 0 Å². The normalized spacial score (nSPS) is 22.1. The number of nitrogens with zero attached hydrogens (tertiary/aromatic N) is 1. The molecule has 0 aromatic carbocycles. The first-order valence-electron chi connectivity index (χ1n) is 8.57. The molecule has 2 rings (SSSR count). The largest absolute Gasteiger partial charge is 0.481 e. The van der Waals surface area contributed by atoms with Gasteiger partial charge in [0.05, 0.1) is 6.42 Å². The fourth-order valence-electron chi connectivity index (χ4n) is 4.32. The highest BCUT2D eigenvalue weighted by Gasteiger charge is 2.38. The lowest BCUT2D eigenvalue weighted by atomic mass is 9.69. The predicted octanol–water partition coefficient (Wildman–Crippen LogP) is 3.59. The van der Waals surface area contributed by atoms with E-state index in [0.29, 0.717) is 12.5 Å². The van der Waals surface area contributed by atoms with Crippen molar-refractivity contribution in [3.8, 4) is 0 Å². The number of hydrogen-bond donors (Lipinski definition) is 1. The van der Waals surface area contributed by atoms with Gasteiger partial charge >= 0.3 is 5.97 Å². The minimum atomic E-state index is -0.756. The molecule has 1 amide bonds. The van der Waals surface area contributed by atoms with Crippen LogP contribution in [-0.4, -0.2) is 34.5 Å². The van der Waals surface area contributed by atoms with Gasteiger partial charge in [-0.25, -0.2) is 0 Å². The zero-order valence-corrected chi connectivity index (χ0v) is 13.3. The third-order valence-corrected chi connectivity index (χ3v) is 5.39. The second-order valence-corrected chi connectivity index (χ2v) is 6.93. The number of amides is 1. The first-order valence-corrected chi connectivity index (χ1v) is 8.57. The molecule has 2 fully saturated rings. The summed E-state index contributed by atoms with van der Waals surface area (Å²) in [4.78, 5) is 26.0. The van der Waals surface area contributed by atoms with E-state index in [-0.39, 0.29) is 17.7 Å². The number of carbonyl (C=O) groups excluding carboxylic acids is 1. The summed E-state index contributed by atoms with van der Waals surface area (Å²) in [6, 6.07) is 0.396. The van der Waals surface area contributed by atoms with E-state index in [1.807, 2.05) is 11.8 Å². The summed E-state index contributed by atoms with van der Waals surface area (Å²) in [6.45, 7) is 2.80. The van der Waals surface area contributed by atoms with Crippen LogP contribution in [0.15, 0.2) is 0 Å². The number of carboxylic acids is 1. The van der Waals surface area contributed by atoms with Gasteiger partial charge in [0.1, 0.15) is 0 Å². The molecule has 0 spiro atoms. The van der Waals surface area contributed by atoms with Crippen molar-refractivity contribution >= 4 is 11.9 Å². The number of aliphatic carboxylic acids is 1. The lowest BCUT2D eigenvalue weighted by Gasteiger charge is -2.38. The lowest BCUT2D eigenvalue weighted by molar-refractivity contribution is -0.143. The van der Waals surface area contributed by atoms with Crippen LogP contribution in [0.4, 0.5) is 0 Å². The second-order valence-electron chi connectivity index (χ2n) is 6.93. The Balaban J connectivity index is 2.03. The van der Waals surface area contributed by atoms with Crippen molar-refractivity contribution in [2.75, 3.05) is 6.54 Å². The van der Waals surface area contributed by atoms with E-state index in [2.05, 4.69) is 0 Å². The predicted molar refractivity (Wildman–Crippen MR) is 82.0 cm³/mol. The molecule has 1 N–H and O–H groups in total. The molecule has 2 saturated carbocycles. The molecule has 0 aliphatic heterocycles. The minimum absolute atomic E-state index is 0.154. The SMILES string of the molecule is CCN(C(=O)CC1(CC(=O)O)CCCCC1)C1CCCC1. The zero-order chi connectivity index (χ0) is 15.3. The van der Waals surface area contributed by atoms with Crippen molar-refractivity contribution in [2.24, 2.45) is 5.41 Å². The van der Waals surface area contributed by atoms with Crippen LogP contribution in [-0.2, 0) is 9.59 Å². The summed E-state index contributed by atoms with van der Waals surface area (Å²) in [7, 11) is 0. The Morgan fingerprint density at radius 1 is 1.05 bits per heavy atom. The number of hydrogen-bond acceptors (Lipinski definition) is 2. The monoisotopic (exact) mass is 295 g/mol. The molecule has 4 heteroatoms. The molecule has 2 aliphatic carbocycles. The van der Waals surface area contributed by atoms with Gasteiger partial charge in [-0.2, -0.15) is 0 Å². The van der Waals surface area contributed by atoms with E-state index in [1.54, 1.807) is 0 Å². The summed E-state index contributed by atoms with van der Waals surface area (Å²) >= 11 is 0. The smallest absolute Gasteiger partial charge is 0.303 e. The third-order valence-electron chi connectivity index (χ3n) is 5.39. The fraction of sp³-hybridized carbons (Fsp3) is 0.882. The Morgan fingerprint density at radius 3 is 2.19 bits per heavy atom. The van der Waals surface area contributed by atoms with Crippen LogP contribution >= 0.6 is 0 Å². The molecule has 120 valence electrons. The van der Waals surface area contributed by atoms with Gasteiger partial charge in [-0.15, -0.1) is 0 Å². The van der Waals surface area contributed by atoms with Gasteiger partial charge in [0.2, 0.25) is 5.91 Å². The molecule has 2 aliphatic rings. The van der Waals surface area contributed by atoms with Crippen LogP contribution in [0.1, 0.15) is 77.6 Å². The minimum Gasteiger partial charge on any atom is -0.481 e. The van der Waals surface area contributed by atoms with Gasteiger partial charge in [-0.3, -0.25) is 9.59 Å². The maximum Gasteiger partial charge on any atom is 0.303 e. The second kappa shape index (κ2) is 7.28. The maximum atomic E-state index is 12.7. The molecular weight excluding hydrogens is 266 g/mol. The van der Waals surface area contributed by atoms with Gasteiger partial charge in [-0.1, -0.05) is 32.1 Å². The van der Waals surface area contributed by atoms with E-state index in [4.69, 9.17) is 0 Å². The first-order chi connectivity index (χ1) is 10.1. The third kappa shape index (κ3) is 4.21. The van der Waals surface area contributed by atoms with Crippen molar-refractivity contribution in [1.29, 1.82) is 0 Å². The standard InChI is InChI=1S/C17H29NO3/c1-2-18(14-8-4-5-9-14)15(19)12-17(13-16(20)21)10-6-3-7-11-17/h14H,2-13H2,1H3,(H,20,21). The van der Waals surface area contributed by atoms with Crippen LogP contribution < -0.4 is 0 Å². The average molecular weight is 295 g/mol. The average Bonchev–Trinajstić information content (AvgIpc) is 2.93. The fourth-order valence-corrected chi connectivity index (χ4v) is 4.32. The molecule has 4 nitrogen and oxygen atoms in total. The quantitative estimate of drug-likeness (QED) is 0.814. The van der Waals surface area contributed by atoms with Crippen molar-refractivity contribution in [2.45, 2.75) is 83.6 Å². The highest BCUT2D eigenvalue weighted by molar-refractivity contribution is 5.78. The van der Waals surface area contributed by atoms with E-state index < -0.39 is 5.97 Å². The van der Waals surface area contributed by atoms with Crippen LogP contribution in [0.5, 0.6) is 0 Å². The van der Waals surface area contributed by atoms with E-state index in [9.17, 15) is 14.7 Å². The number of carboxylic acid groups (broad SMARTS) is 1. The Labute approximate surface area is 127 Å². The summed E-state index contributed by atoms with van der Waals surface area (Å²) < 4.78 is 0. The summed E-state index contributed by atoms with van der Waals surface area (Å²) in [6.07, 6.45) is 10.4. The van der Waals surface area contributed by atoms with Crippen LogP contribution in [0.3, 0.4) is 0 Å². The van der Waals surface area contributed by atoms with Crippen LogP contribution in [0, 0.1) is 5.41 Å². The topological polar surface area (TPSA) is 57.6 Å². The Kier molecular flexibility index (Phi) is 5.65. The Hall–Kier alpha value is -1.06. The molecule has 0 atom stereocenters. The van der Waals surface area contributed by atoms with Crippen molar-refractivity contribution in [1.82, 2.24) is 4.90 Å². The first kappa shape index (κ1) is 16.3. The van der Waals surface area contributed by atoms with E-state index >= 15 is 0 Å². The van der Waals surface area contributed by atoms with Gasteiger partial charge in [-0.05, 0) is 38.0 Å². The summed E-state index contributed by atoms with van der Waals surface area (Å²) in [5.74, 6) is -0.568. The number of rotatable bonds is 6. The van der Waals surface area contributed by atoms with Gasteiger partial charge in [0.15, 0.2) is 0 Å². The molecule has 0 aromatic heterocycles. The molecule has 21 heavy (non-hydrogen) atoms. The number of carbonyl (C=O) groups is 2. The van der Waals surface area contributed by atoms with Crippen LogP contribution in [0.25, 0.3) is 0 Å². The molecule has 0 heterocycles. The van der Waals surface area contributed by atoms with Gasteiger partial charge in [0, 0.05) is 19.0 Å². The van der Waals surface area contributed by atoms with E-state index in [0.717, 1.165) is 45.1 Å². The Bertz CT molecular complexity index is 368. The molecule has 0 bridgehead atoms. The molecule has 0 radical (unpaired) electrons. The highest BCUT2D eigenvalue weighted by Crippen LogP contribution is 2.43. The van der Waals surface area contributed by atoms with Gasteiger partial charge < -0.3 is 10.0 Å². The van der Waals surface area contributed by atoms with E-state index in [1.165, 1.54) is 19.3 Å². The molecule has 0 unspecified atom stereocenters. The van der Waals surface area contributed by atoms with Crippen molar-refractivity contribution in [3.63, 3.8) is 0 Å². The maximum absolute atomic E-state index is 12.7. The zero-order valence-electron chi connectivity index (χ0n) is 13.3. The summed E-state index contributed by atoms with van der Waals surface area (Å²) in [5.41, 5.74) is -0.285. The molecular formula is C17H29NO3. The van der Waals surface area contributed by atoms with Crippen molar-refractivity contribution < 1.29 is 14.7 Å². The lowest BCUT2D eigenvalue weighted by Crippen LogP contribution is -2.42. The molecule has 0 aromatic rings. The molecule has 0 saturated heterocycles. The summed E-state index contributed by atoms with van der Waals surface area (Å²) in [5, 5.41) is 9.23. The Morgan fingerprint density at radius 2 is 1.67 bits per heavy atom. The van der Waals surface area contributed by atoms with Crippen molar-refractivity contribution in [3.05, 3.63) is 0 Å².